The summed E-state index contributed by atoms with van der Waals surface area (Å²) in [6, 6.07) is 2.75. The van der Waals surface area contributed by atoms with E-state index in [4.69, 9.17) is 0 Å². The summed E-state index contributed by atoms with van der Waals surface area (Å²) in [4.78, 5) is 6.86. The molecule has 1 atom stereocenters. The summed E-state index contributed by atoms with van der Waals surface area (Å²) < 4.78 is 0. The molecular weight excluding hydrogens is 184 g/mol. The summed E-state index contributed by atoms with van der Waals surface area (Å²) in [7, 11) is 0. The van der Waals surface area contributed by atoms with Crippen molar-refractivity contribution in [2.24, 2.45) is 0 Å². The van der Waals surface area contributed by atoms with Crippen LogP contribution >= 0.6 is 0 Å². The zero-order chi connectivity index (χ0) is 10.7. The van der Waals surface area contributed by atoms with E-state index in [2.05, 4.69) is 29.8 Å². The molecule has 1 aromatic rings. The predicted octanol–water partition coefficient (Wildman–Crippen LogP) is 2.94. The van der Waals surface area contributed by atoms with Gasteiger partial charge in [0.25, 0.3) is 0 Å². The third kappa shape index (κ3) is 2.20. The highest BCUT2D eigenvalue weighted by molar-refractivity contribution is 5.25. The molecule has 2 heterocycles. The largest absolute Gasteiger partial charge is 0.296 e. The van der Waals surface area contributed by atoms with Gasteiger partial charge in [0, 0.05) is 18.4 Å². The molecule has 2 nitrogen and oxygen atoms in total. The number of hydrogen-bond donors (Lipinski definition) is 0. The van der Waals surface area contributed by atoms with Gasteiger partial charge in [-0.05, 0) is 56.5 Å². The van der Waals surface area contributed by atoms with Gasteiger partial charge >= 0.3 is 0 Å². The van der Waals surface area contributed by atoms with Crippen molar-refractivity contribution in [1.29, 1.82) is 0 Å². The minimum atomic E-state index is 0.624. The first-order valence-electron chi connectivity index (χ1n) is 5.97. The molecule has 1 fully saturated rings. The molecule has 1 saturated heterocycles. The third-order valence-corrected chi connectivity index (χ3v) is 3.31. The van der Waals surface area contributed by atoms with E-state index in [1.165, 1.54) is 43.5 Å². The molecule has 0 unspecified atom stereocenters. The van der Waals surface area contributed by atoms with Crippen LogP contribution in [0.3, 0.4) is 0 Å². The van der Waals surface area contributed by atoms with Crippen LogP contribution in [0.2, 0.25) is 0 Å². The maximum atomic E-state index is 4.26. The van der Waals surface area contributed by atoms with Gasteiger partial charge < -0.3 is 0 Å². The standard InChI is InChI=1S/C13H20N2/c1-3-8-15-9-4-5-13(15)12-10-14-7-6-11(12)2/h6-7,10,13H,3-5,8-9H2,1-2H3/t13-/m0/s1. The van der Waals surface area contributed by atoms with Crippen LogP contribution in [0, 0.1) is 6.92 Å². The normalized spacial score (nSPS) is 22.1. The number of rotatable bonds is 3. The second-order valence-electron chi connectivity index (χ2n) is 4.43. The maximum absolute atomic E-state index is 4.26. The fourth-order valence-corrected chi connectivity index (χ4v) is 2.56. The average molecular weight is 204 g/mol. The van der Waals surface area contributed by atoms with Crippen molar-refractivity contribution in [3.8, 4) is 0 Å². The lowest BCUT2D eigenvalue weighted by molar-refractivity contribution is 0.257. The lowest BCUT2D eigenvalue weighted by Crippen LogP contribution is -2.24. The Morgan fingerprint density at radius 3 is 3.13 bits per heavy atom. The number of aryl methyl sites for hydroxylation is 1. The first-order valence-corrected chi connectivity index (χ1v) is 5.97. The van der Waals surface area contributed by atoms with Crippen molar-refractivity contribution in [3.05, 3.63) is 29.6 Å². The molecule has 2 heteroatoms. The lowest BCUT2D eigenvalue weighted by atomic mass is 10.0. The molecule has 0 N–H and O–H groups in total. The molecule has 0 bridgehead atoms. The molecule has 0 spiro atoms. The monoisotopic (exact) mass is 204 g/mol. The van der Waals surface area contributed by atoms with Gasteiger partial charge in [0.05, 0.1) is 0 Å². The number of nitrogens with zero attached hydrogens (tertiary/aromatic N) is 2. The molecule has 15 heavy (non-hydrogen) atoms. The van der Waals surface area contributed by atoms with Crippen LogP contribution in [0.15, 0.2) is 18.5 Å². The summed E-state index contributed by atoms with van der Waals surface area (Å²) in [6.07, 6.45) is 7.81. The van der Waals surface area contributed by atoms with E-state index in [1.54, 1.807) is 0 Å². The van der Waals surface area contributed by atoms with Crippen LogP contribution in [-0.4, -0.2) is 23.0 Å². The summed E-state index contributed by atoms with van der Waals surface area (Å²) in [6.45, 7) is 6.93. The van der Waals surface area contributed by atoms with Crippen LogP contribution < -0.4 is 0 Å². The van der Waals surface area contributed by atoms with Crippen LogP contribution in [0.5, 0.6) is 0 Å². The van der Waals surface area contributed by atoms with Gasteiger partial charge in [-0.1, -0.05) is 6.92 Å². The van der Waals surface area contributed by atoms with Gasteiger partial charge in [-0.2, -0.15) is 0 Å². The Morgan fingerprint density at radius 2 is 2.40 bits per heavy atom. The molecular formula is C13H20N2. The van der Waals surface area contributed by atoms with Crippen molar-refractivity contribution < 1.29 is 0 Å². The van der Waals surface area contributed by atoms with Crippen molar-refractivity contribution in [2.75, 3.05) is 13.1 Å². The van der Waals surface area contributed by atoms with E-state index in [1.807, 2.05) is 12.4 Å². The van der Waals surface area contributed by atoms with Crippen molar-refractivity contribution in [1.82, 2.24) is 9.88 Å². The Hall–Kier alpha value is -0.890. The fourth-order valence-electron chi connectivity index (χ4n) is 2.56. The van der Waals surface area contributed by atoms with Crippen LogP contribution in [0.25, 0.3) is 0 Å². The molecule has 82 valence electrons. The Bertz CT molecular complexity index is 322. The SMILES string of the molecule is CCCN1CCC[C@H]1c1cnccc1C. The second-order valence-corrected chi connectivity index (χ2v) is 4.43. The maximum Gasteiger partial charge on any atom is 0.0366 e. The van der Waals surface area contributed by atoms with E-state index in [-0.39, 0.29) is 0 Å². The molecule has 0 aliphatic carbocycles. The Balaban J connectivity index is 2.19. The molecule has 0 amide bonds. The minimum absolute atomic E-state index is 0.624. The number of likely N-dealkylation sites (tertiary alicyclic amines) is 1. The molecule has 0 saturated carbocycles. The van der Waals surface area contributed by atoms with Crippen LogP contribution in [-0.2, 0) is 0 Å². The van der Waals surface area contributed by atoms with E-state index in [0.717, 1.165) is 0 Å². The summed E-state index contributed by atoms with van der Waals surface area (Å²) in [5.41, 5.74) is 2.82. The van der Waals surface area contributed by atoms with Gasteiger partial charge in [0.15, 0.2) is 0 Å². The van der Waals surface area contributed by atoms with Crippen molar-refractivity contribution in [2.45, 2.75) is 39.2 Å². The zero-order valence-electron chi connectivity index (χ0n) is 9.74. The number of aromatic nitrogens is 1. The molecule has 2 rings (SSSR count). The fraction of sp³-hybridized carbons (Fsp3) is 0.615. The smallest absolute Gasteiger partial charge is 0.0366 e. The summed E-state index contributed by atoms with van der Waals surface area (Å²) in [5.74, 6) is 0. The first-order chi connectivity index (χ1) is 7.33. The summed E-state index contributed by atoms with van der Waals surface area (Å²) >= 11 is 0. The van der Waals surface area contributed by atoms with Gasteiger partial charge in [-0.3, -0.25) is 9.88 Å². The third-order valence-electron chi connectivity index (χ3n) is 3.31. The van der Waals surface area contributed by atoms with Gasteiger partial charge in [-0.15, -0.1) is 0 Å². The highest BCUT2D eigenvalue weighted by atomic mass is 15.2. The predicted molar refractivity (Wildman–Crippen MR) is 62.8 cm³/mol. The van der Waals surface area contributed by atoms with E-state index < -0.39 is 0 Å². The zero-order valence-corrected chi connectivity index (χ0v) is 9.74. The number of pyridine rings is 1. The molecule has 1 aliphatic heterocycles. The lowest BCUT2D eigenvalue weighted by Gasteiger charge is -2.25. The van der Waals surface area contributed by atoms with Gasteiger partial charge in [0.1, 0.15) is 0 Å². The van der Waals surface area contributed by atoms with Crippen molar-refractivity contribution >= 4 is 0 Å². The van der Waals surface area contributed by atoms with Gasteiger partial charge in [-0.25, -0.2) is 0 Å². The van der Waals surface area contributed by atoms with E-state index in [9.17, 15) is 0 Å². The highest BCUT2D eigenvalue weighted by Crippen LogP contribution is 2.32. The first kappa shape index (κ1) is 10.6. The van der Waals surface area contributed by atoms with E-state index >= 15 is 0 Å². The highest BCUT2D eigenvalue weighted by Gasteiger charge is 2.26. The molecule has 1 aromatic heterocycles. The number of hydrogen-bond acceptors (Lipinski definition) is 2. The Kier molecular flexibility index (Phi) is 3.37. The summed E-state index contributed by atoms with van der Waals surface area (Å²) in [5, 5.41) is 0. The van der Waals surface area contributed by atoms with Gasteiger partial charge in [0.2, 0.25) is 0 Å². The topological polar surface area (TPSA) is 16.1 Å². The molecule has 0 aromatic carbocycles. The Morgan fingerprint density at radius 1 is 1.53 bits per heavy atom. The second kappa shape index (κ2) is 4.75. The Labute approximate surface area is 92.3 Å². The van der Waals surface area contributed by atoms with Crippen molar-refractivity contribution in [3.63, 3.8) is 0 Å². The molecule has 0 radical (unpaired) electrons. The quantitative estimate of drug-likeness (QED) is 0.752. The van der Waals surface area contributed by atoms with Crippen LogP contribution in [0.1, 0.15) is 43.4 Å². The van der Waals surface area contributed by atoms with Crippen LogP contribution in [0.4, 0.5) is 0 Å². The average Bonchev–Trinajstić information content (AvgIpc) is 2.67. The van der Waals surface area contributed by atoms with E-state index in [0.29, 0.717) is 6.04 Å². The molecule has 1 aliphatic rings. The minimum Gasteiger partial charge on any atom is -0.296 e.